The van der Waals surface area contributed by atoms with Gasteiger partial charge >= 0.3 is 8.56 Å². The van der Waals surface area contributed by atoms with Gasteiger partial charge in [-0.05, 0) is 25.9 Å². The Morgan fingerprint density at radius 1 is 0.289 bits per heavy atom. The van der Waals surface area contributed by atoms with Crippen LogP contribution < -0.4 is 0 Å². The minimum absolute atomic E-state index is 0.822. The van der Waals surface area contributed by atoms with E-state index in [4.69, 9.17) is 8.85 Å². The first-order valence-corrected chi connectivity index (χ1v) is 20.3. The molecule has 0 amide bonds. The molecule has 0 aliphatic rings. The Morgan fingerprint density at radius 2 is 0.500 bits per heavy atom. The van der Waals surface area contributed by atoms with Crippen LogP contribution in [-0.2, 0) is 8.85 Å². The highest BCUT2D eigenvalue weighted by Gasteiger charge is 2.35. The molecule has 2 nitrogen and oxygen atoms in total. The van der Waals surface area contributed by atoms with Crippen molar-refractivity contribution < 1.29 is 8.85 Å². The van der Waals surface area contributed by atoms with Crippen molar-refractivity contribution in [3.63, 3.8) is 0 Å². The molecule has 0 saturated carbocycles. The number of unbranched alkanes of at least 4 members (excludes halogenated alkanes) is 25. The first-order chi connectivity index (χ1) is 18.7. The molecule has 0 atom stereocenters. The quantitative estimate of drug-likeness (QED) is 0.0593. The Balaban J connectivity index is 3.70. The van der Waals surface area contributed by atoms with Gasteiger partial charge in [-0.25, -0.2) is 0 Å². The minimum atomic E-state index is -1.99. The highest BCUT2D eigenvalue weighted by molar-refractivity contribution is 6.67. The van der Waals surface area contributed by atoms with E-state index in [1.807, 2.05) is 0 Å². The number of hydrogen-bond acceptors (Lipinski definition) is 2. The molecule has 0 heterocycles. The van der Waals surface area contributed by atoms with Crippen LogP contribution in [0, 0.1) is 0 Å². The molecule has 0 aromatic carbocycles. The Kier molecular flexibility index (Phi) is 31.8. The molecule has 0 aromatic rings. The van der Waals surface area contributed by atoms with Gasteiger partial charge in [-0.3, -0.25) is 0 Å². The molecule has 0 aliphatic heterocycles. The summed E-state index contributed by atoms with van der Waals surface area (Å²) < 4.78 is 12.8. The maximum Gasteiger partial charge on any atom is 0.338 e. The van der Waals surface area contributed by atoms with Crippen molar-refractivity contribution in [1.82, 2.24) is 0 Å². The first kappa shape index (κ1) is 38.1. The van der Waals surface area contributed by atoms with E-state index >= 15 is 0 Å². The van der Waals surface area contributed by atoms with Crippen LogP contribution in [-0.4, -0.2) is 21.8 Å². The fourth-order valence-electron chi connectivity index (χ4n) is 5.98. The van der Waals surface area contributed by atoms with Crippen LogP contribution in [0.1, 0.15) is 201 Å². The lowest BCUT2D eigenvalue weighted by Crippen LogP contribution is -2.42. The Bertz CT molecular complexity index is 422. The van der Waals surface area contributed by atoms with Crippen molar-refractivity contribution in [2.45, 2.75) is 213 Å². The zero-order valence-corrected chi connectivity index (χ0v) is 28.2. The van der Waals surface area contributed by atoms with Crippen molar-refractivity contribution in [3.05, 3.63) is 0 Å². The van der Waals surface area contributed by atoms with Gasteiger partial charge in [0.25, 0.3) is 0 Å². The van der Waals surface area contributed by atoms with E-state index in [9.17, 15) is 0 Å². The molecule has 3 heteroatoms. The van der Waals surface area contributed by atoms with Crippen LogP contribution in [0.3, 0.4) is 0 Å². The first-order valence-electron chi connectivity index (χ1n) is 18.0. The van der Waals surface area contributed by atoms with E-state index in [0.717, 1.165) is 13.2 Å². The number of rotatable bonds is 33. The molecule has 0 radical (unpaired) electrons. The third-order valence-corrected chi connectivity index (χ3v) is 12.2. The second-order valence-corrected chi connectivity index (χ2v) is 15.5. The minimum Gasteiger partial charge on any atom is -0.394 e. The second-order valence-electron chi connectivity index (χ2n) is 12.1. The van der Waals surface area contributed by atoms with Crippen LogP contribution in [0.25, 0.3) is 0 Å². The third kappa shape index (κ3) is 26.4. The summed E-state index contributed by atoms with van der Waals surface area (Å²) >= 11 is 0. The molecule has 0 unspecified atom stereocenters. The van der Waals surface area contributed by atoms with Gasteiger partial charge in [-0.15, -0.1) is 0 Å². The van der Waals surface area contributed by atoms with Gasteiger partial charge in [0.15, 0.2) is 0 Å². The van der Waals surface area contributed by atoms with Crippen LogP contribution in [0.15, 0.2) is 0 Å². The van der Waals surface area contributed by atoms with Gasteiger partial charge in [0.05, 0.1) is 0 Å². The summed E-state index contributed by atoms with van der Waals surface area (Å²) in [6.45, 7) is 10.6. The molecule has 0 saturated heterocycles. The van der Waals surface area contributed by atoms with E-state index in [2.05, 4.69) is 27.7 Å². The van der Waals surface area contributed by atoms with Crippen LogP contribution in [0.5, 0.6) is 0 Å². The monoisotopic (exact) mass is 555 g/mol. The van der Waals surface area contributed by atoms with E-state index in [-0.39, 0.29) is 0 Å². The Morgan fingerprint density at radius 3 is 0.711 bits per heavy atom. The molecule has 230 valence electrons. The van der Waals surface area contributed by atoms with Gasteiger partial charge in [0, 0.05) is 13.2 Å². The van der Waals surface area contributed by atoms with Crippen molar-refractivity contribution in [1.29, 1.82) is 0 Å². The van der Waals surface area contributed by atoms with Crippen LogP contribution in [0.2, 0.25) is 12.1 Å². The number of hydrogen-bond donors (Lipinski definition) is 0. The van der Waals surface area contributed by atoms with Crippen molar-refractivity contribution >= 4 is 8.56 Å². The lowest BCUT2D eigenvalue weighted by Gasteiger charge is -2.30. The lowest BCUT2D eigenvalue weighted by molar-refractivity contribution is 0.180. The van der Waals surface area contributed by atoms with Gasteiger partial charge in [-0.2, -0.15) is 0 Å². The maximum atomic E-state index is 6.39. The summed E-state index contributed by atoms with van der Waals surface area (Å²) in [6, 6.07) is 2.42. The molecule has 0 spiro atoms. The summed E-state index contributed by atoms with van der Waals surface area (Å²) in [5, 5.41) is 0. The molecule has 0 rings (SSSR count). The third-order valence-electron chi connectivity index (χ3n) is 8.39. The lowest BCUT2D eigenvalue weighted by atomic mass is 10.0. The molecule has 0 aromatic heterocycles. The average Bonchev–Trinajstić information content (AvgIpc) is 2.92. The van der Waals surface area contributed by atoms with E-state index < -0.39 is 8.56 Å². The predicted molar refractivity (Wildman–Crippen MR) is 175 cm³/mol. The van der Waals surface area contributed by atoms with E-state index in [1.54, 1.807) is 0 Å². The van der Waals surface area contributed by atoms with Crippen molar-refractivity contribution in [2.75, 3.05) is 13.2 Å². The summed E-state index contributed by atoms with van der Waals surface area (Å²) in [5.41, 5.74) is 0. The summed E-state index contributed by atoms with van der Waals surface area (Å²) in [4.78, 5) is 0. The smallest absolute Gasteiger partial charge is 0.338 e. The highest BCUT2D eigenvalue weighted by atomic mass is 28.4. The molecular weight excluding hydrogens is 480 g/mol. The molecule has 0 aliphatic carbocycles. The van der Waals surface area contributed by atoms with E-state index in [0.29, 0.717) is 0 Å². The topological polar surface area (TPSA) is 18.5 Å². The zero-order chi connectivity index (χ0) is 27.8. The molecule has 0 bridgehead atoms. The van der Waals surface area contributed by atoms with Crippen molar-refractivity contribution in [3.8, 4) is 0 Å². The summed E-state index contributed by atoms with van der Waals surface area (Å²) in [6.07, 6.45) is 38.4. The Labute approximate surface area is 243 Å². The van der Waals surface area contributed by atoms with Crippen molar-refractivity contribution in [2.24, 2.45) is 0 Å². The molecule has 0 N–H and O–H groups in total. The van der Waals surface area contributed by atoms with Gasteiger partial charge in [-0.1, -0.05) is 187 Å². The molecule has 0 fully saturated rings. The fraction of sp³-hybridized carbons (Fsp3) is 1.00. The van der Waals surface area contributed by atoms with Gasteiger partial charge in [0.2, 0.25) is 0 Å². The fourth-order valence-corrected chi connectivity index (χ4v) is 9.52. The maximum absolute atomic E-state index is 6.39. The normalized spacial score (nSPS) is 12.0. The summed E-state index contributed by atoms with van der Waals surface area (Å²) in [5.74, 6) is 0. The predicted octanol–water partition coefficient (Wildman–Crippen LogP) is 13.1. The standard InChI is InChI=1S/C35H74O2Si/c1-5-9-11-13-15-17-18-19-20-21-22-23-24-25-27-29-31-33-35-38(36-7-3,37-8-4)34-32-30-28-26-16-14-12-10-6-2/h5-35H2,1-4H3. The summed E-state index contributed by atoms with van der Waals surface area (Å²) in [7, 11) is -1.99. The van der Waals surface area contributed by atoms with E-state index in [1.165, 1.54) is 185 Å². The average molecular weight is 555 g/mol. The Hall–Kier alpha value is 0.137. The van der Waals surface area contributed by atoms with Crippen LogP contribution >= 0.6 is 0 Å². The van der Waals surface area contributed by atoms with Gasteiger partial charge < -0.3 is 8.85 Å². The molecular formula is C35H74O2Si. The van der Waals surface area contributed by atoms with Gasteiger partial charge in [0.1, 0.15) is 0 Å². The van der Waals surface area contributed by atoms with Crippen LogP contribution in [0.4, 0.5) is 0 Å². The zero-order valence-electron chi connectivity index (χ0n) is 27.2. The second kappa shape index (κ2) is 31.7. The largest absolute Gasteiger partial charge is 0.394 e. The SMILES string of the molecule is CCCCCCCCCCCCCCCCCCCC[Si](CCCCCCCCCCC)(OCC)OCC. The molecule has 38 heavy (non-hydrogen) atoms. The highest BCUT2D eigenvalue weighted by Crippen LogP contribution is 2.26.